The Morgan fingerprint density at radius 2 is 1.84 bits per heavy atom. The van der Waals surface area contributed by atoms with Crippen LogP contribution >= 0.6 is 0 Å². The van der Waals surface area contributed by atoms with Crippen molar-refractivity contribution in [2.24, 2.45) is 5.84 Å². The van der Waals surface area contributed by atoms with Crippen LogP contribution in [0.1, 0.15) is 26.6 Å². The van der Waals surface area contributed by atoms with E-state index in [-0.39, 0.29) is 5.41 Å². The number of anilines is 2. The Morgan fingerprint density at radius 3 is 2.42 bits per heavy atom. The number of hydrogen-bond donors (Lipinski definition) is 3. The maximum atomic E-state index is 5.46. The van der Waals surface area contributed by atoms with Crippen molar-refractivity contribution in [3.05, 3.63) is 11.9 Å². The van der Waals surface area contributed by atoms with E-state index >= 15 is 0 Å². The number of nitrogens with two attached hydrogens (primary N) is 1. The molecule has 4 N–H and O–H groups in total. The lowest BCUT2D eigenvalue weighted by Gasteiger charge is -2.28. The van der Waals surface area contributed by atoms with Crippen LogP contribution < -0.4 is 16.7 Å². The summed E-state index contributed by atoms with van der Waals surface area (Å²) < 4.78 is 5.31. The van der Waals surface area contributed by atoms with E-state index in [1.54, 1.807) is 6.07 Å². The SMILES string of the molecule is CC(C)(C)c1nc(NN)cc(NN2CCOCC2)n1. The summed E-state index contributed by atoms with van der Waals surface area (Å²) in [7, 11) is 0. The highest BCUT2D eigenvalue weighted by molar-refractivity contribution is 5.47. The van der Waals surface area contributed by atoms with Crippen LogP contribution in [0, 0.1) is 0 Å². The molecule has 1 aromatic heterocycles. The number of rotatable bonds is 3. The third-order valence-electron chi connectivity index (χ3n) is 2.83. The number of ether oxygens (including phenoxy) is 1. The van der Waals surface area contributed by atoms with Gasteiger partial charge in [-0.25, -0.2) is 20.8 Å². The van der Waals surface area contributed by atoms with E-state index in [1.165, 1.54) is 0 Å². The van der Waals surface area contributed by atoms with Gasteiger partial charge in [-0.1, -0.05) is 20.8 Å². The maximum Gasteiger partial charge on any atom is 0.146 e. The largest absolute Gasteiger partial charge is 0.379 e. The van der Waals surface area contributed by atoms with Crippen molar-refractivity contribution in [3.63, 3.8) is 0 Å². The van der Waals surface area contributed by atoms with E-state index in [2.05, 4.69) is 46.6 Å². The topological polar surface area (TPSA) is 88.3 Å². The van der Waals surface area contributed by atoms with Crippen molar-refractivity contribution in [2.45, 2.75) is 26.2 Å². The van der Waals surface area contributed by atoms with E-state index in [0.717, 1.165) is 37.9 Å². The molecule has 7 nitrogen and oxygen atoms in total. The van der Waals surface area contributed by atoms with E-state index < -0.39 is 0 Å². The minimum Gasteiger partial charge on any atom is -0.379 e. The number of nitrogen functional groups attached to an aromatic ring is 1. The van der Waals surface area contributed by atoms with Gasteiger partial charge in [0.2, 0.25) is 0 Å². The summed E-state index contributed by atoms with van der Waals surface area (Å²) in [4.78, 5) is 8.93. The zero-order valence-corrected chi connectivity index (χ0v) is 11.7. The fourth-order valence-electron chi connectivity index (χ4n) is 1.75. The number of hydrogen-bond acceptors (Lipinski definition) is 7. The lowest BCUT2D eigenvalue weighted by molar-refractivity contribution is 0.0494. The molecule has 2 heterocycles. The highest BCUT2D eigenvalue weighted by Crippen LogP contribution is 2.22. The first kappa shape index (κ1) is 14.0. The number of nitrogens with one attached hydrogen (secondary N) is 2. The molecule has 1 aliphatic rings. The van der Waals surface area contributed by atoms with Gasteiger partial charge in [-0.05, 0) is 0 Å². The third kappa shape index (κ3) is 3.76. The van der Waals surface area contributed by atoms with Crippen LogP contribution in [0.25, 0.3) is 0 Å². The average Bonchev–Trinajstić information content (AvgIpc) is 2.38. The zero-order chi connectivity index (χ0) is 13.9. The minimum atomic E-state index is -0.131. The maximum absolute atomic E-state index is 5.46. The molecule has 7 heteroatoms. The van der Waals surface area contributed by atoms with Crippen LogP contribution in [0.4, 0.5) is 11.6 Å². The molecule has 1 saturated heterocycles. The van der Waals surface area contributed by atoms with E-state index in [9.17, 15) is 0 Å². The van der Waals surface area contributed by atoms with Crippen LogP contribution in [0.2, 0.25) is 0 Å². The molecule has 0 unspecified atom stereocenters. The van der Waals surface area contributed by atoms with Gasteiger partial charge in [-0.3, -0.25) is 0 Å². The van der Waals surface area contributed by atoms with Gasteiger partial charge in [0, 0.05) is 24.6 Å². The third-order valence-corrected chi connectivity index (χ3v) is 2.83. The van der Waals surface area contributed by atoms with E-state index in [4.69, 9.17) is 10.6 Å². The molecule has 0 radical (unpaired) electrons. The van der Waals surface area contributed by atoms with Gasteiger partial charge < -0.3 is 15.6 Å². The summed E-state index contributed by atoms with van der Waals surface area (Å²) in [5.41, 5.74) is 5.73. The van der Waals surface area contributed by atoms with Crippen molar-refractivity contribution >= 4 is 11.6 Å². The predicted molar refractivity (Wildman–Crippen MR) is 74.6 cm³/mol. The van der Waals surface area contributed by atoms with Gasteiger partial charge >= 0.3 is 0 Å². The standard InChI is InChI=1S/C12H22N6O/c1-12(2,3)11-14-9(16-13)8-10(15-11)17-18-4-6-19-7-5-18/h8H,4-7,13H2,1-3H3,(H2,14,15,16,17). The predicted octanol–water partition coefficient (Wildman–Crippen LogP) is 0.719. The normalized spacial score (nSPS) is 17.3. The second-order valence-corrected chi connectivity index (χ2v) is 5.57. The molecule has 0 bridgehead atoms. The van der Waals surface area contributed by atoms with Crippen molar-refractivity contribution in [2.75, 3.05) is 37.2 Å². The van der Waals surface area contributed by atoms with Gasteiger partial charge in [-0.15, -0.1) is 0 Å². The molecule has 0 aliphatic carbocycles. The fourth-order valence-corrected chi connectivity index (χ4v) is 1.75. The molecule has 1 fully saturated rings. The lowest BCUT2D eigenvalue weighted by Crippen LogP contribution is -2.40. The van der Waals surface area contributed by atoms with Crippen molar-refractivity contribution < 1.29 is 4.74 Å². The van der Waals surface area contributed by atoms with Gasteiger partial charge in [-0.2, -0.15) is 0 Å². The molecule has 106 valence electrons. The van der Waals surface area contributed by atoms with Crippen LogP contribution in [-0.4, -0.2) is 41.3 Å². The fraction of sp³-hybridized carbons (Fsp3) is 0.667. The monoisotopic (exact) mass is 266 g/mol. The van der Waals surface area contributed by atoms with Gasteiger partial charge in [0.1, 0.15) is 17.5 Å². The van der Waals surface area contributed by atoms with Crippen LogP contribution in [0.15, 0.2) is 6.07 Å². The number of aromatic nitrogens is 2. The molecule has 1 aromatic rings. The summed E-state index contributed by atoms with van der Waals surface area (Å²) in [6, 6.07) is 1.80. The average molecular weight is 266 g/mol. The molecule has 19 heavy (non-hydrogen) atoms. The highest BCUT2D eigenvalue weighted by atomic mass is 16.5. The van der Waals surface area contributed by atoms with Crippen LogP contribution in [0.5, 0.6) is 0 Å². The molecule has 0 spiro atoms. The smallest absolute Gasteiger partial charge is 0.146 e. The second-order valence-electron chi connectivity index (χ2n) is 5.57. The number of morpholine rings is 1. The lowest BCUT2D eigenvalue weighted by atomic mass is 9.96. The van der Waals surface area contributed by atoms with Crippen LogP contribution in [-0.2, 0) is 10.2 Å². The summed E-state index contributed by atoms with van der Waals surface area (Å²) in [5, 5.41) is 2.08. The van der Waals surface area contributed by atoms with E-state index in [0.29, 0.717) is 5.82 Å². The second kappa shape index (κ2) is 5.68. The molecule has 0 atom stereocenters. The van der Waals surface area contributed by atoms with Gasteiger partial charge in [0.25, 0.3) is 0 Å². The Hall–Kier alpha value is -1.44. The molecule has 2 rings (SSSR count). The summed E-state index contributed by atoms with van der Waals surface area (Å²) in [6.45, 7) is 9.34. The van der Waals surface area contributed by atoms with Gasteiger partial charge in [0.05, 0.1) is 13.2 Å². The Kier molecular flexibility index (Phi) is 4.18. The Bertz CT molecular complexity index is 425. The molecule has 0 saturated carbocycles. The first-order valence-electron chi connectivity index (χ1n) is 6.44. The Morgan fingerprint density at radius 1 is 1.21 bits per heavy atom. The number of nitrogens with zero attached hydrogens (tertiary/aromatic N) is 3. The number of hydrazine groups is 2. The quantitative estimate of drug-likeness (QED) is 0.548. The molecule has 1 aliphatic heterocycles. The highest BCUT2D eigenvalue weighted by Gasteiger charge is 2.20. The zero-order valence-electron chi connectivity index (χ0n) is 11.7. The molecule has 0 aromatic carbocycles. The minimum absolute atomic E-state index is 0.131. The van der Waals surface area contributed by atoms with Crippen molar-refractivity contribution in [1.29, 1.82) is 0 Å². The first-order valence-corrected chi connectivity index (χ1v) is 6.44. The summed E-state index contributed by atoms with van der Waals surface area (Å²) >= 11 is 0. The molecular weight excluding hydrogens is 244 g/mol. The summed E-state index contributed by atoms with van der Waals surface area (Å²) in [5.74, 6) is 7.56. The molecule has 0 amide bonds. The van der Waals surface area contributed by atoms with E-state index in [1.807, 2.05) is 0 Å². The first-order chi connectivity index (χ1) is 8.99. The van der Waals surface area contributed by atoms with Crippen molar-refractivity contribution in [1.82, 2.24) is 15.0 Å². The van der Waals surface area contributed by atoms with Gasteiger partial charge in [0.15, 0.2) is 0 Å². The Balaban J connectivity index is 2.19. The van der Waals surface area contributed by atoms with Crippen molar-refractivity contribution in [3.8, 4) is 0 Å². The van der Waals surface area contributed by atoms with Crippen LogP contribution in [0.3, 0.4) is 0 Å². The summed E-state index contributed by atoms with van der Waals surface area (Å²) in [6.07, 6.45) is 0. The Labute approximate surface area is 113 Å². The molecular formula is C12H22N6O.